The van der Waals surface area contributed by atoms with Crippen LogP contribution in [0, 0.1) is 11.8 Å². The van der Waals surface area contributed by atoms with Gasteiger partial charge in [0, 0.05) is 16.5 Å². The van der Waals surface area contributed by atoms with Crippen LogP contribution in [0.15, 0.2) is 58.7 Å². The molecule has 5 rings (SSSR count). The molecule has 0 saturated heterocycles. The number of carbonyl (C=O) groups is 4. The Morgan fingerprint density at radius 2 is 1.60 bits per heavy atom. The van der Waals surface area contributed by atoms with Gasteiger partial charge in [0.05, 0.1) is 34.1 Å². The van der Waals surface area contributed by atoms with Gasteiger partial charge in [0.2, 0.25) is 5.78 Å². The molecule has 250 valence electrons. The van der Waals surface area contributed by atoms with Crippen LogP contribution < -0.4 is 5.73 Å². The number of primary amides is 1. The lowest BCUT2D eigenvalue weighted by atomic mass is 9.55. The number of ketones is 2. The van der Waals surface area contributed by atoms with Gasteiger partial charge in [0.1, 0.15) is 34.2 Å². The predicted molar refractivity (Wildman–Crippen MR) is 161 cm³/mol. The Kier molecular flexibility index (Phi) is 8.80. The van der Waals surface area contributed by atoms with E-state index in [4.69, 9.17) is 32.1 Å². The minimum absolute atomic E-state index is 0.0516. The van der Waals surface area contributed by atoms with Gasteiger partial charge >= 0.3 is 5.97 Å². The van der Waals surface area contributed by atoms with E-state index in [1.54, 1.807) is 0 Å². The Hall–Kier alpha value is -4.78. The number of rotatable bonds is 4. The number of fused-ring (bicyclic) bond motifs is 3. The van der Waals surface area contributed by atoms with E-state index < -0.39 is 108 Å². The summed E-state index contributed by atoms with van der Waals surface area (Å²) in [5.74, 6) is -11.2. The van der Waals surface area contributed by atoms with Crippen LogP contribution >= 0.6 is 11.6 Å². The molecule has 0 heterocycles. The monoisotopic (exact) mass is 694 g/mol. The van der Waals surface area contributed by atoms with E-state index in [-0.39, 0.29) is 21.7 Å². The number of phenolic OH excluding ortho intramolecular Hbond substituents is 1. The van der Waals surface area contributed by atoms with Gasteiger partial charge in [-0.05, 0) is 50.0 Å². The molecule has 0 aromatic heterocycles. The number of phenols is 2. The third-order valence-electron chi connectivity index (χ3n) is 8.17. The van der Waals surface area contributed by atoms with Crippen molar-refractivity contribution in [3.8, 4) is 11.5 Å². The van der Waals surface area contributed by atoms with E-state index in [1.807, 2.05) is 0 Å². The van der Waals surface area contributed by atoms with Gasteiger partial charge in [0.15, 0.2) is 11.4 Å². The minimum Gasteiger partial charge on any atom is -0.508 e. The zero-order valence-corrected chi connectivity index (χ0v) is 25.8. The Bertz CT molecular complexity index is 1970. The average molecular weight is 695 g/mol. The number of Topliss-reactive ketones (excluding diaryl/α,β-unsaturated/α-hetero) is 2. The molecule has 3 aliphatic rings. The number of hydrogen-bond acceptors (Lipinski definition) is 13. The van der Waals surface area contributed by atoms with E-state index in [0.717, 1.165) is 12.1 Å². The number of hydrogen-bond donors (Lipinski definition) is 9. The van der Waals surface area contributed by atoms with Crippen LogP contribution in [0.25, 0.3) is 11.3 Å². The number of benzene rings is 2. The summed E-state index contributed by atoms with van der Waals surface area (Å²) in [6.07, 6.45) is -1.75. The number of halogens is 1. The van der Waals surface area contributed by atoms with Crippen LogP contribution in [0.2, 0.25) is 5.02 Å². The first-order valence-corrected chi connectivity index (χ1v) is 15.0. The number of aliphatic hydroxyl groups is 4. The third kappa shape index (κ3) is 5.32. The predicted octanol–water partition coefficient (Wildman–Crippen LogP) is 0.396. The topological polar surface area (TPSA) is 294 Å². The minimum atomic E-state index is -4.45. The highest BCUT2D eigenvalue weighted by molar-refractivity contribution is 7.85. The number of likely N-dealkylation sites (N-methyl/N-ethyl adjacent to an activating group) is 1. The van der Waals surface area contributed by atoms with Gasteiger partial charge in [-0.1, -0.05) is 18.2 Å². The van der Waals surface area contributed by atoms with Crippen molar-refractivity contribution in [3.63, 3.8) is 0 Å². The van der Waals surface area contributed by atoms with Gasteiger partial charge in [-0.3, -0.25) is 23.8 Å². The standard InChI is InChI=1S/C22H21ClN2O8.C7H6O6S/c1-6-9-7(23)4-5-8(26)11(9)16(27)12-10(6)17(28)14-15(25(2)3)18(29)13(21(24)32)20(31)22(14,33)19(12)30;8-6-2-1-4(14(11,12)13)3-5(6)7(9)10/h4-5,10,14-15,17,26-28,31,33H,1H2,2-3H3,(H2,24,32);1-3,8H,(H,9,10)(H,11,12,13)/t10?,14?,15-,17-,22-;/m0./s1. The summed E-state index contributed by atoms with van der Waals surface area (Å²) >= 11 is 6.25. The fourth-order valence-electron chi connectivity index (χ4n) is 6.11. The lowest BCUT2D eigenvalue weighted by Gasteiger charge is -2.52. The Balaban J connectivity index is 0.000000300. The number of nitrogens with two attached hydrogens (primary N) is 1. The zero-order valence-electron chi connectivity index (χ0n) is 24.2. The number of aromatic carboxylic acids is 1. The van der Waals surface area contributed by atoms with Gasteiger partial charge in [-0.25, -0.2) is 4.79 Å². The van der Waals surface area contributed by atoms with Crippen LogP contribution in [0.3, 0.4) is 0 Å². The van der Waals surface area contributed by atoms with E-state index in [2.05, 4.69) is 6.58 Å². The van der Waals surface area contributed by atoms with Gasteiger partial charge in [-0.2, -0.15) is 8.42 Å². The molecule has 1 fully saturated rings. The Labute approximate surface area is 270 Å². The molecule has 0 aliphatic heterocycles. The number of carbonyl (C=O) groups excluding carboxylic acids is 3. The van der Waals surface area contributed by atoms with Crippen molar-refractivity contribution in [2.24, 2.45) is 17.6 Å². The fourth-order valence-corrected chi connectivity index (χ4v) is 6.89. The lowest BCUT2D eigenvalue weighted by Crippen LogP contribution is -2.70. The molecule has 1 saturated carbocycles. The van der Waals surface area contributed by atoms with Crippen molar-refractivity contribution in [3.05, 3.63) is 75.5 Å². The first kappa shape index (κ1) is 35.1. The summed E-state index contributed by atoms with van der Waals surface area (Å²) in [4.78, 5) is 49.8. The zero-order chi connectivity index (χ0) is 35.7. The van der Waals surface area contributed by atoms with Crippen molar-refractivity contribution in [2.45, 2.75) is 22.6 Å². The molecule has 0 radical (unpaired) electrons. The van der Waals surface area contributed by atoms with Gasteiger partial charge < -0.3 is 41.5 Å². The van der Waals surface area contributed by atoms with E-state index in [1.165, 1.54) is 31.1 Å². The van der Waals surface area contributed by atoms with Crippen LogP contribution in [-0.2, 0) is 24.5 Å². The molecule has 16 nitrogen and oxygen atoms in total. The molecule has 18 heteroatoms. The second-order valence-corrected chi connectivity index (χ2v) is 12.8. The van der Waals surface area contributed by atoms with Crippen molar-refractivity contribution in [1.29, 1.82) is 0 Å². The maximum absolute atomic E-state index is 13.7. The first-order valence-electron chi connectivity index (χ1n) is 13.2. The molecular formula is C29H27ClN2O14S. The molecule has 0 spiro atoms. The van der Waals surface area contributed by atoms with Crippen LogP contribution in [-0.4, -0.2) is 109 Å². The van der Waals surface area contributed by atoms with E-state index in [0.29, 0.717) is 6.07 Å². The first-order chi connectivity index (χ1) is 21.6. The van der Waals surface area contributed by atoms with Crippen molar-refractivity contribution in [2.75, 3.05) is 14.1 Å². The highest BCUT2D eigenvalue weighted by Crippen LogP contribution is 2.56. The summed E-state index contributed by atoms with van der Waals surface area (Å²) in [7, 11) is -1.61. The maximum atomic E-state index is 13.7. The van der Waals surface area contributed by atoms with Crippen molar-refractivity contribution >= 4 is 56.5 Å². The summed E-state index contributed by atoms with van der Waals surface area (Å²) < 4.78 is 29.8. The average Bonchev–Trinajstić information content (AvgIpc) is 2.95. The fraction of sp³-hybridized carbons (Fsp3) is 0.241. The number of aromatic hydroxyl groups is 2. The highest BCUT2D eigenvalue weighted by Gasteiger charge is 2.68. The molecular weight excluding hydrogens is 668 g/mol. The summed E-state index contributed by atoms with van der Waals surface area (Å²) in [6, 6.07) is 3.53. The number of aliphatic hydroxyl groups excluding tert-OH is 3. The maximum Gasteiger partial charge on any atom is 0.339 e. The normalized spacial score (nSPS) is 25.5. The summed E-state index contributed by atoms with van der Waals surface area (Å²) in [5, 5.41) is 72.5. The quantitative estimate of drug-likeness (QED) is 0.155. The number of carboxylic acids is 1. The van der Waals surface area contributed by atoms with Crippen molar-refractivity contribution < 1.29 is 67.9 Å². The summed E-state index contributed by atoms with van der Waals surface area (Å²) in [5.41, 5.74) is 0.0510. The molecule has 47 heavy (non-hydrogen) atoms. The summed E-state index contributed by atoms with van der Waals surface area (Å²) in [6.45, 7) is 3.89. The Morgan fingerprint density at radius 3 is 2.11 bits per heavy atom. The highest BCUT2D eigenvalue weighted by atomic mass is 35.5. The number of carboxylic acid groups (broad SMARTS) is 1. The van der Waals surface area contributed by atoms with Crippen LogP contribution in [0.1, 0.15) is 21.5 Å². The largest absolute Gasteiger partial charge is 0.508 e. The van der Waals surface area contributed by atoms with Gasteiger partial charge in [-0.15, -0.1) is 0 Å². The molecule has 2 aromatic rings. The second-order valence-electron chi connectivity index (χ2n) is 11.0. The molecule has 1 amide bonds. The lowest BCUT2D eigenvalue weighted by molar-refractivity contribution is -0.166. The molecule has 0 bridgehead atoms. The second kappa shape index (κ2) is 11.8. The van der Waals surface area contributed by atoms with Crippen LogP contribution in [0.4, 0.5) is 0 Å². The van der Waals surface area contributed by atoms with Crippen molar-refractivity contribution in [1.82, 2.24) is 4.90 Å². The molecule has 10 N–H and O–H groups in total. The number of amides is 1. The molecule has 5 atom stereocenters. The molecule has 3 aliphatic carbocycles. The van der Waals surface area contributed by atoms with Gasteiger partial charge in [0.25, 0.3) is 16.0 Å². The SMILES string of the molecule is C=C1c2c(Cl)ccc(O)c2C(O)=C2C(=O)[C@]3(O)C(O)=C(C(N)=O)C(=O)[C@@H](N(C)C)C3[C@@H](O)C12.O=C(O)c1cc(S(=O)(=O)O)ccc1O. The third-order valence-corrected chi connectivity index (χ3v) is 9.33. The number of nitrogens with zero attached hydrogens (tertiary/aromatic N) is 1. The molecule has 2 unspecified atom stereocenters. The van der Waals surface area contributed by atoms with E-state index in [9.17, 15) is 53.1 Å². The van der Waals surface area contributed by atoms with E-state index >= 15 is 0 Å². The van der Waals surface area contributed by atoms with Crippen LogP contribution in [0.5, 0.6) is 11.5 Å². The molecule has 2 aromatic carbocycles. The smallest absolute Gasteiger partial charge is 0.339 e. The Morgan fingerprint density at radius 1 is 1.02 bits per heavy atom.